The SMILES string of the molecule is CCNc1ncc(F)c(Oc2ccc(C)nc2CC)n1. The molecule has 2 aromatic rings. The largest absolute Gasteiger partial charge is 0.434 e. The first-order chi connectivity index (χ1) is 9.63. The Morgan fingerprint density at radius 1 is 1.25 bits per heavy atom. The molecule has 0 fully saturated rings. The first-order valence-corrected chi connectivity index (χ1v) is 6.54. The summed E-state index contributed by atoms with van der Waals surface area (Å²) < 4.78 is 19.3. The second kappa shape index (κ2) is 6.27. The Morgan fingerprint density at radius 3 is 2.75 bits per heavy atom. The molecule has 0 atom stereocenters. The second-order valence-electron chi connectivity index (χ2n) is 4.23. The highest BCUT2D eigenvalue weighted by Gasteiger charge is 2.12. The summed E-state index contributed by atoms with van der Waals surface area (Å²) in [7, 11) is 0. The number of anilines is 1. The van der Waals surface area contributed by atoms with Crippen molar-refractivity contribution in [1.29, 1.82) is 0 Å². The van der Waals surface area contributed by atoms with Gasteiger partial charge < -0.3 is 10.1 Å². The Labute approximate surface area is 117 Å². The molecule has 0 amide bonds. The first kappa shape index (κ1) is 14.2. The minimum atomic E-state index is -0.603. The molecule has 106 valence electrons. The van der Waals surface area contributed by atoms with Crippen molar-refractivity contribution in [3.8, 4) is 11.6 Å². The predicted octanol–water partition coefficient (Wildman–Crippen LogP) is 3.11. The molecule has 5 nitrogen and oxygen atoms in total. The van der Waals surface area contributed by atoms with Gasteiger partial charge in [0.25, 0.3) is 5.88 Å². The van der Waals surface area contributed by atoms with Crippen LogP contribution in [0.2, 0.25) is 0 Å². The summed E-state index contributed by atoms with van der Waals surface area (Å²) in [5.74, 6) is 0.144. The van der Waals surface area contributed by atoms with E-state index in [4.69, 9.17) is 4.74 Å². The van der Waals surface area contributed by atoms with E-state index in [0.717, 1.165) is 17.6 Å². The molecule has 0 spiro atoms. The highest BCUT2D eigenvalue weighted by Crippen LogP contribution is 2.26. The number of rotatable bonds is 5. The lowest BCUT2D eigenvalue weighted by Crippen LogP contribution is -2.05. The van der Waals surface area contributed by atoms with Crippen LogP contribution in [0.4, 0.5) is 10.3 Å². The van der Waals surface area contributed by atoms with E-state index < -0.39 is 5.82 Å². The molecule has 0 aliphatic carbocycles. The van der Waals surface area contributed by atoms with E-state index in [9.17, 15) is 4.39 Å². The van der Waals surface area contributed by atoms with Crippen LogP contribution in [-0.2, 0) is 6.42 Å². The van der Waals surface area contributed by atoms with Crippen molar-refractivity contribution < 1.29 is 9.13 Å². The molecule has 0 unspecified atom stereocenters. The van der Waals surface area contributed by atoms with Crippen molar-refractivity contribution in [3.63, 3.8) is 0 Å². The average molecular weight is 276 g/mol. The topological polar surface area (TPSA) is 59.9 Å². The van der Waals surface area contributed by atoms with Crippen LogP contribution in [0.15, 0.2) is 18.3 Å². The fraction of sp³-hybridized carbons (Fsp3) is 0.357. The molecule has 0 aromatic carbocycles. The van der Waals surface area contributed by atoms with Crippen LogP contribution < -0.4 is 10.1 Å². The number of pyridine rings is 1. The van der Waals surface area contributed by atoms with E-state index in [1.54, 1.807) is 6.07 Å². The number of ether oxygens (including phenoxy) is 1. The average Bonchev–Trinajstić information content (AvgIpc) is 2.44. The molecule has 0 saturated carbocycles. The summed E-state index contributed by atoms with van der Waals surface area (Å²) in [4.78, 5) is 12.2. The van der Waals surface area contributed by atoms with Crippen molar-refractivity contribution >= 4 is 5.95 Å². The van der Waals surface area contributed by atoms with E-state index in [1.165, 1.54) is 0 Å². The van der Waals surface area contributed by atoms with E-state index in [2.05, 4.69) is 20.3 Å². The fourth-order valence-corrected chi connectivity index (χ4v) is 1.71. The van der Waals surface area contributed by atoms with Gasteiger partial charge in [-0.3, -0.25) is 4.98 Å². The van der Waals surface area contributed by atoms with Gasteiger partial charge in [-0.1, -0.05) is 6.92 Å². The minimum Gasteiger partial charge on any atom is -0.434 e. The van der Waals surface area contributed by atoms with Crippen LogP contribution in [0.25, 0.3) is 0 Å². The Balaban J connectivity index is 2.31. The van der Waals surface area contributed by atoms with Gasteiger partial charge in [0, 0.05) is 12.2 Å². The number of aromatic nitrogens is 3. The fourth-order valence-electron chi connectivity index (χ4n) is 1.71. The van der Waals surface area contributed by atoms with Crippen molar-refractivity contribution in [2.75, 3.05) is 11.9 Å². The molecule has 2 aromatic heterocycles. The summed E-state index contributed by atoms with van der Waals surface area (Å²) in [6.07, 6.45) is 1.79. The molecular weight excluding hydrogens is 259 g/mol. The molecule has 0 bridgehead atoms. The molecule has 0 aliphatic heterocycles. The molecule has 2 rings (SSSR count). The summed E-state index contributed by atoms with van der Waals surface area (Å²) in [6.45, 7) is 6.43. The lowest BCUT2D eigenvalue weighted by atomic mass is 10.2. The van der Waals surface area contributed by atoms with Crippen molar-refractivity contribution in [1.82, 2.24) is 15.0 Å². The minimum absolute atomic E-state index is 0.101. The molecule has 20 heavy (non-hydrogen) atoms. The maximum absolute atomic E-state index is 13.7. The number of hydrogen-bond donors (Lipinski definition) is 1. The van der Waals surface area contributed by atoms with Gasteiger partial charge >= 0.3 is 0 Å². The van der Waals surface area contributed by atoms with Crippen LogP contribution in [0.5, 0.6) is 11.6 Å². The van der Waals surface area contributed by atoms with Gasteiger partial charge in [0.15, 0.2) is 5.75 Å². The Hall–Kier alpha value is -2.24. The number of halogens is 1. The van der Waals surface area contributed by atoms with Crippen LogP contribution in [0.3, 0.4) is 0 Å². The smallest absolute Gasteiger partial charge is 0.260 e. The third-order valence-electron chi connectivity index (χ3n) is 2.66. The number of aryl methyl sites for hydroxylation is 2. The van der Waals surface area contributed by atoms with Gasteiger partial charge in [0.1, 0.15) is 0 Å². The number of hydrogen-bond acceptors (Lipinski definition) is 5. The maximum atomic E-state index is 13.7. The summed E-state index contributed by atoms with van der Waals surface area (Å²) in [5.41, 5.74) is 1.67. The van der Waals surface area contributed by atoms with Crippen LogP contribution >= 0.6 is 0 Å². The third kappa shape index (κ3) is 3.20. The summed E-state index contributed by atoms with van der Waals surface area (Å²) in [6, 6.07) is 3.59. The van der Waals surface area contributed by atoms with E-state index in [-0.39, 0.29) is 5.88 Å². The second-order valence-corrected chi connectivity index (χ2v) is 4.23. The van der Waals surface area contributed by atoms with E-state index in [1.807, 2.05) is 26.8 Å². The van der Waals surface area contributed by atoms with Gasteiger partial charge in [-0.15, -0.1) is 0 Å². The lowest BCUT2D eigenvalue weighted by Gasteiger charge is -2.10. The van der Waals surface area contributed by atoms with Gasteiger partial charge in [-0.05, 0) is 32.4 Å². The predicted molar refractivity (Wildman–Crippen MR) is 74.6 cm³/mol. The van der Waals surface area contributed by atoms with Crippen molar-refractivity contribution in [3.05, 3.63) is 35.5 Å². The van der Waals surface area contributed by atoms with Crippen LogP contribution in [-0.4, -0.2) is 21.5 Å². The number of nitrogens with one attached hydrogen (secondary N) is 1. The molecule has 2 heterocycles. The molecule has 6 heteroatoms. The van der Waals surface area contributed by atoms with Gasteiger partial charge in [0.05, 0.1) is 11.9 Å². The summed E-state index contributed by atoms with van der Waals surface area (Å²) in [5, 5.41) is 2.91. The maximum Gasteiger partial charge on any atom is 0.260 e. The third-order valence-corrected chi connectivity index (χ3v) is 2.66. The quantitative estimate of drug-likeness (QED) is 0.909. The summed E-state index contributed by atoms with van der Waals surface area (Å²) >= 11 is 0. The molecule has 0 radical (unpaired) electrons. The van der Waals surface area contributed by atoms with Crippen molar-refractivity contribution in [2.45, 2.75) is 27.2 Å². The Morgan fingerprint density at radius 2 is 2.05 bits per heavy atom. The lowest BCUT2D eigenvalue weighted by molar-refractivity contribution is 0.414. The first-order valence-electron chi connectivity index (χ1n) is 6.54. The Kier molecular flexibility index (Phi) is 4.45. The zero-order valence-electron chi connectivity index (χ0n) is 11.8. The van der Waals surface area contributed by atoms with Crippen LogP contribution in [0, 0.1) is 12.7 Å². The Bertz CT molecular complexity index is 604. The molecule has 0 aliphatic rings. The van der Waals surface area contributed by atoms with Gasteiger partial charge in [0.2, 0.25) is 11.8 Å². The zero-order chi connectivity index (χ0) is 14.5. The highest BCUT2D eigenvalue weighted by atomic mass is 19.1. The zero-order valence-corrected chi connectivity index (χ0v) is 11.8. The highest BCUT2D eigenvalue weighted by molar-refractivity contribution is 5.35. The van der Waals surface area contributed by atoms with Crippen molar-refractivity contribution in [2.24, 2.45) is 0 Å². The number of nitrogens with zero attached hydrogens (tertiary/aromatic N) is 3. The normalized spacial score (nSPS) is 10.4. The van der Waals surface area contributed by atoms with Gasteiger partial charge in [-0.25, -0.2) is 4.98 Å². The standard InChI is InChI=1S/C14H17FN4O/c1-4-11-12(7-6-9(3)18-11)20-13-10(15)8-17-14(19-13)16-5-2/h6-8H,4-5H2,1-3H3,(H,16,17,19). The van der Waals surface area contributed by atoms with E-state index >= 15 is 0 Å². The van der Waals surface area contributed by atoms with Gasteiger partial charge in [-0.2, -0.15) is 9.37 Å². The van der Waals surface area contributed by atoms with Crippen LogP contribution in [0.1, 0.15) is 25.2 Å². The molecular formula is C14H17FN4O. The van der Waals surface area contributed by atoms with E-state index in [0.29, 0.717) is 24.7 Å². The molecule has 0 saturated heterocycles. The monoisotopic (exact) mass is 276 g/mol. The molecule has 1 N–H and O–H groups in total.